The van der Waals surface area contributed by atoms with Gasteiger partial charge in [-0.25, -0.2) is 8.42 Å². The zero-order chi connectivity index (χ0) is 12.9. The minimum Gasteiger partial charge on any atom is -0.313 e. The first-order valence-electron chi connectivity index (χ1n) is 6.92. The van der Waals surface area contributed by atoms with Crippen LogP contribution in [-0.2, 0) is 9.84 Å². The van der Waals surface area contributed by atoms with Gasteiger partial charge >= 0.3 is 0 Å². The molecule has 102 valence electrons. The van der Waals surface area contributed by atoms with Gasteiger partial charge in [-0.1, -0.05) is 33.6 Å². The molecule has 0 amide bonds. The van der Waals surface area contributed by atoms with Gasteiger partial charge in [0.2, 0.25) is 0 Å². The Morgan fingerprint density at radius 3 is 2.29 bits per heavy atom. The van der Waals surface area contributed by atoms with Gasteiger partial charge in [0.05, 0.1) is 11.0 Å². The van der Waals surface area contributed by atoms with E-state index in [1.807, 2.05) is 0 Å². The van der Waals surface area contributed by atoms with E-state index in [-0.39, 0.29) is 11.3 Å². The minimum absolute atomic E-state index is 0.0628. The lowest BCUT2D eigenvalue weighted by molar-refractivity contribution is 0.424. The molecule has 1 saturated carbocycles. The molecule has 0 spiro atoms. The molecular weight excluding hydrogens is 234 g/mol. The van der Waals surface area contributed by atoms with Crippen LogP contribution in [0.15, 0.2) is 0 Å². The van der Waals surface area contributed by atoms with Crippen LogP contribution < -0.4 is 5.32 Å². The summed E-state index contributed by atoms with van der Waals surface area (Å²) in [4.78, 5) is 0. The van der Waals surface area contributed by atoms with E-state index < -0.39 is 9.84 Å². The Morgan fingerprint density at radius 1 is 1.24 bits per heavy atom. The van der Waals surface area contributed by atoms with E-state index in [2.05, 4.69) is 26.1 Å². The van der Waals surface area contributed by atoms with E-state index in [1.165, 1.54) is 0 Å². The highest BCUT2D eigenvalue weighted by atomic mass is 32.2. The molecule has 1 N–H and O–H groups in total. The zero-order valence-corrected chi connectivity index (χ0v) is 12.2. The van der Waals surface area contributed by atoms with E-state index in [0.717, 1.165) is 38.6 Å². The van der Waals surface area contributed by atoms with Crippen molar-refractivity contribution < 1.29 is 8.42 Å². The molecule has 0 bridgehead atoms. The molecule has 1 aliphatic carbocycles. The first-order valence-corrected chi connectivity index (χ1v) is 8.64. The fourth-order valence-corrected chi connectivity index (χ4v) is 4.78. The Bertz CT molecular complexity index is 305. The smallest absolute Gasteiger partial charge is 0.154 e. The molecule has 3 nitrogen and oxygen atoms in total. The van der Waals surface area contributed by atoms with Crippen molar-refractivity contribution in [3.05, 3.63) is 0 Å². The third-order valence-corrected chi connectivity index (χ3v) is 5.99. The predicted octanol–water partition coefficient (Wildman–Crippen LogP) is 2.37. The number of rotatable bonds is 7. The Kier molecular flexibility index (Phi) is 5.93. The van der Waals surface area contributed by atoms with Crippen LogP contribution in [0.2, 0.25) is 0 Å². The fourth-order valence-electron chi connectivity index (χ4n) is 2.45. The van der Waals surface area contributed by atoms with Crippen molar-refractivity contribution in [1.82, 2.24) is 5.32 Å². The van der Waals surface area contributed by atoms with Crippen LogP contribution in [0.3, 0.4) is 0 Å². The average Bonchev–Trinajstić information content (AvgIpc) is 2.77. The highest BCUT2D eigenvalue weighted by Gasteiger charge is 2.31. The standard InChI is InChI=1S/C13H27NO2S/c1-4-9-14-13(11(2)3)10-17(15,16)12-7-5-6-8-12/h11-14H,4-10H2,1-3H3. The van der Waals surface area contributed by atoms with Gasteiger partial charge in [0, 0.05) is 6.04 Å². The third kappa shape index (κ3) is 4.59. The lowest BCUT2D eigenvalue weighted by atomic mass is 10.1. The molecule has 0 aromatic heterocycles. The summed E-state index contributed by atoms with van der Waals surface area (Å²) in [5, 5.41) is 3.31. The number of sulfone groups is 1. The maximum absolute atomic E-state index is 12.3. The maximum Gasteiger partial charge on any atom is 0.154 e. The molecule has 17 heavy (non-hydrogen) atoms. The topological polar surface area (TPSA) is 46.2 Å². The minimum atomic E-state index is -2.90. The van der Waals surface area contributed by atoms with Gasteiger partial charge in [0.15, 0.2) is 9.84 Å². The third-order valence-electron chi connectivity index (χ3n) is 3.68. The molecular formula is C13H27NO2S. The monoisotopic (exact) mass is 261 g/mol. The first kappa shape index (κ1) is 15.0. The largest absolute Gasteiger partial charge is 0.313 e. The van der Waals surface area contributed by atoms with Crippen LogP contribution in [0.5, 0.6) is 0 Å². The summed E-state index contributed by atoms with van der Waals surface area (Å²) in [5.41, 5.74) is 0. The maximum atomic E-state index is 12.3. The molecule has 4 heteroatoms. The van der Waals surface area contributed by atoms with Gasteiger partial charge in [-0.15, -0.1) is 0 Å². The Hall–Kier alpha value is -0.0900. The Labute approximate surface area is 106 Å². The van der Waals surface area contributed by atoms with Gasteiger partial charge in [0.25, 0.3) is 0 Å². The van der Waals surface area contributed by atoms with E-state index in [1.54, 1.807) is 0 Å². The van der Waals surface area contributed by atoms with Crippen molar-refractivity contribution in [2.75, 3.05) is 12.3 Å². The van der Waals surface area contributed by atoms with Crippen LogP contribution in [0.4, 0.5) is 0 Å². The van der Waals surface area contributed by atoms with Crippen molar-refractivity contribution in [3.63, 3.8) is 0 Å². The summed E-state index contributed by atoms with van der Waals surface area (Å²) in [5.74, 6) is 0.688. The summed E-state index contributed by atoms with van der Waals surface area (Å²) in [6, 6.07) is 0.112. The number of nitrogens with one attached hydrogen (secondary N) is 1. The second-order valence-electron chi connectivity index (χ2n) is 5.54. The van der Waals surface area contributed by atoms with E-state index >= 15 is 0 Å². The second kappa shape index (κ2) is 6.74. The van der Waals surface area contributed by atoms with Gasteiger partial charge in [0.1, 0.15) is 0 Å². The SMILES string of the molecule is CCCNC(CS(=O)(=O)C1CCCC1)C(C)C. The fraction of sp³-hybridized carbons (Fsp3) is 1.00. The lowest BCUT2D eigenvalue weighted by Crippen LogP contribution is -2.42. The van der Waals surface area contributed by atoms with E-state index in [9.17, 15) is 8.42 Å². The van der Waals surface area contributed by atoms with Gasteiger partial charge in [-0.05, 0) is 31.7 Å². The molecule has 1 fully saturated rings. The molecule has 0 radical (unpaired) electrons. The van der Waals surface area contributed by atoms with E-state index in [0.29, 0.717) is 11.7 Å². The quantitative estimate of drug-likeness (QED) is 0.765. The molecule has 1 rings (SSSR count). The molecule has 0 aromatic carbocycles. The molecule has 0 aliphatic heterocycles. The normalized spacial score (nSPS) is 20.0. The number of hydrogen-bond acceptors (Lipinski definition) is 3. The summed E-state index contributed by atoms with van der Waals surface area (Å²) in [7, 11) is -2.90. The molecule has 1 unspecified atom stereocenters. The Morgan fingerprint density at radius 2 is 1.82 bits per heavy atom. The van der Waals surface area contributed by atoms with Crippen molar-refractivity contribution >= 4 is 9.84 Å². The van der Waals surface area contributed by atoms with Crippen molar-refractivity contribution in [2.24, 2.45) is 5.92 Å². The molecule has 0 saturated heterocycles. The van der Waals surface area contributed by atoms with Gasteiger partial charge < -0.3 is 5.32 Å². The van der Waals surface area contributed by atoms with Crippen LogP contribution in [-0.4, -0.2) is 32.0 Å². The molecule has 1 atom stereocenters. The van der Waals surface area contributed by atoms with Crippen LogP contribution in [0, 0.1) is 5.92 Å². The summed E-state index contributed by atoms with van der Waals surface area (Å²) in [6.07, 6.45) is 4.96. The van der Waals surface area contributed by atoms with Gasteiger partial charge in [-0.2, -0.15) is 0 Å². The van der Waals surface area contributed by atoms with Crippen LogP contribution in [0.25, 0.3) is 0 Å². The van der Waals surface area contributed by atoms with Crippen LogP contribution in [0.1, 0.15) is 52.9 Å². The summed E-state index contributed by atoms with van der Waals surface area (Å²) >= 11 is 0. The Balaban J connectivity index is 2.58. The average molecular weight is 261 g/mol. The molecule has 0 aromatic rings. The predicted molar refractivity (Wildman–Crippen MR) is 73.0 cm³/mol. The van der Waals surface area contributed by atoms with E-state index in [4.69, 9.17) is 0 Å². The van der Waals surface area contributed by atoms with Crippen molar-refractivity contribution in [2.45, 2.75) is 64.2 Å². The molecule has 1 aliphatic rings. The zero-order valence-electron chi connectivity index (χ0n) is 11.4. The summed E-state index contributed by atoms with van der Waals surface area (Å²) < 4.78 is 24.5. The number of hydrogen-bond donors (Lipinski definition) is 1. The second-order valence-corrected chi connectivity index (χ2v) is 7.87. The highest BCUT2D eigenvalue weighted by Crippen LogP contribution is 2.26. The molecule has 0 heterocycles. The first-order chi connectivity index (χ1) is 7.97. The summed E-state index contributed by atoms with van der Waals surface area (Å²) in [6.45, 7) is 7.20. The van der Waals surface area contributed by atoms with Crippen molar-refractivity contribution in [1.29, 1.82) is 0 Å². The van der Waals surface area contributed by atoms with Gasteiger partial charge in [-0.3, -0.25) is 0 Å². The van der Waals surface area contributed by atoms with Crippen molar-refractivity contribution in [3.8, 4) is 0 Å². The van der Waals surface area contributed by atoms with Crippen LogP contribution >= 0.6 is 0 Å². The lowest BCUT2D eigenvalue weighted by Gasteiger charge is -2.24. The highest BCUT2D eigenvalue weighted by molar-refractivity contribution is 7.92.